The molecule has 0 atom stereocenters. The van der Waals surface area contributed by atoms with Crippen molar-refractivity contribution in [3.8, 4) is 0 Å². The molecule has 0 bridgehead atoms. The van der Waals surface area contributed by atoms with Crippen molar-refractivity contribution in [2.45, 2.75) is 6.18 Å². The van der Waals surface area contributed by atoms with E-state index >= 15 is 0 Å². The lowest BCUT2D eigenvalue weighted by molar-refractivity contribution is -0.185. The Morgan fingerprint density at radius 2 is 1.80 bits per heavy atom. The van der Waals surface area contributed by atoms with Gasteiger partial charge < -0.3 is 15.5 Å². The SMILES string of the molecule is Nc1cc(N2CCN(C(=O)C(F)(F)F)CC2)ccc1Cl. The van der Waals surface area contributed by atoms with Gasteiger partial charge in [-0.3, -0.25) is 4.79 Å². The van der Waals surface area contributed by atoms with E-state index in [9.17, 15) is 18.0 Å². The lowest BCUT2D eigenvalue weighted by atomic mass is 10.2. The molecule has 1 fully saturated rings. The first kappa shape index (κ1) is 14.8. The Bertz CT molecular complexity index is 513. The minimum Gasteiger partial charge on any atom is -0.397 e. The second-order valence-electron chi connectivity index (χ2n) is 4.48. The maximum Gasteiger partial charge on any atom is 0.471 e. The van der Waals surface area contributed by atoms with Gasteiger partial charge in [-0.1, -0.05) is 11.6 Å². The van der Waals surface area contributed by atoms with E-state index < -0.39 is 12.1 Å². The predicted molar refractivity (Wildman–Crippen MR) is 70.7 cm³/mol. The second kappa shape index (κ2) is 5.40. The average Bonchev–Trinajstić information content (AvgIpc) is 2.40. The molecule has 8 heteroatoms. The van der Waals surface area contributed by atoms with Crippen molar-refractivity contribution in [2.24, 2.45) is 0 Å². The molecule has 0 aromatic heterocycles. The number of carbonyl (C=O) groups is 1. The Labute approximate surface area is 118 Å². The molecule has 110 valence electrons. The number of piperazine rings is 1. The molecule has 0 spiro atoms. The highest BCUT2D eigenvalue weighted by molar-refractivity contribution is 6.33. The van der Waals surface area contributed by atoms with Crippen LogP contribution in [0.5, 0.6) is 0 Å². The van der Waals surface area contributed by atoms with E-state index in [0.717, 1.165) is 10.6 Å². The zero-order valence-corrected chi connectivity index (χ0v) is 11.2. The summed E-state index contributed by atoms with van der Waals surface area (Å²) >= 11 is 5.81. The van der Waals surface area contributed by atoms with Gasteiger partial charge in [0.25, 0.3) is 0 Å². The summed E-state index contributed by atoms with van der Waals surface area (Å²) < 4.78 is 36.9. The van der Waals surface area contributed by atoms with Crippen LogP contribution in [-0.2, 0) is 4.79 Å². The van der Waals surface area contributed by atoms with Crippen molar-refractivity contribution in [3.05, 3.63) is 23.2 Å². The van der Waals surface area contributed by atoms with Gasteiger partial charge in [-0.15, -0.1) is 0 Å². The van der Waals surface area contributed by atoms with Crippen molar-refractivity contribution in [3.63, 3.8) is 0 Å². The van der Waals surface area contributed by atoms with Gasteiger partial charge in [0.1, 0.15) is 0 Å². The number of carbonyl (C=O) groups excluding carboxylic acids is 1. The normalized spacial score (nSPS) is 16.4. The number of nitrogens with zero attached hydrogens (tertiary/aromatic N) is 2. The number of anilines is 2. The minimum atomic E-state index is -4.81. The monoisotopic (exact) mass is 307 g/mol. The van der Waals surface area contributed by atoms with Gasteiger partial charge in [-0.25, -0.2) is 0 Å². The zero-order chi connectivity index (χ0) is 14.9. The third-order valence-corrected chi connectivity index (χ3v) is 3.50. The topological polar surface area (TPSA) is 49.6 Å². The van der Waals surface area contributed by atoms with Crippen molar-refractivity contribution in [1.29, 1.82) is 0 Å². The van der Waals surface area contributed by atoms with E-state index in [-0.39, 0.29) is 13.1 Å². The molecule has 1 heterocycles. The Balaban J connectivity index is 2.01. The first-order valence-electron chi connectivity index (χ1n) is 5.95. The van der Waals surface area contributed by atoms with E-state index in [4.69, 9.17) is 17.3 Å². The third kappa shape index (κ3) is 3.09. The number of rotatable bonds is 1. The highest BCUT2D eigenvalue weighted by Crippen LogP contribution is 2.26. The molecule has 2 N–H and O–H groups in total. The van der Waals surface area contributed by atoms with Gasteiger partial charge in [0, 0.05) is 31.9 Å². The number of hydrogen-bond donors (Lipinski definition) is 1. The molecular weight excluding hydrogens is 295 g/mol. The third-order valence-electron chi connectivity index (χ3n) is 3.15. The average molecular weight is 308 g/mol. The Morgan fingerprint density at radius 3 is 2.30 bits per heavy atom. The fourth-order valence-electron chi connectivity index (χ4n) is 2.07. The van der Waals surface area contributed by atoms with Gasteiger partial charge >= 0.3 is 12.1 Å². The molecule has 1 saturated heterocycles. The van der Waals surface area contributed by atoms with Crippen LogP contribution in [0.15, 0.2) is 18.2 Å². The van der Waals surface area contributed by atoms with Crippen LogP contribution in [-0.4, -0.2) is 43.2 Å². The van der Waals surface area contributed by atoms with Crippen LogP contribution in [0.1, 0.15) is 0 Å². The molecule has 1 aromatic rings. The number of hydrogen-bond acceptors (Lipinski definition) is 3. The van der Waals surface area contributed by atoms with Gasteiger partial charge in [-0.2, -0.15) is 13.2 Å². The van der Waals surface area contributed by atoms with Crippen LogP contribution in [0.25, 0.3) is 0 Å². The molecule has 0 radical (unpaired) electrons. The predicted octanol–water partition coefficient (Wildman–Crippen LogP) is 2.13. The summed E-state index contributed by atoms with van der Waals surface area (Å²) in [5, 5.41) is 0.430. The molecule has 0 aliphatic carbocycles. The highest BCUT2D eigenvalue weighted by Gasteiger charge is 2.43. The van der Waals surface area contributed by atoms with E-state index in [1.54, 1.807) is 18.2 Å². The summed E-state index contributed by atoms with van der Waals surface area (Å²) in [4.78, 5) is 13.8. The van der Waals surface area contributed by atoms with E-state index in [2.05, 4.69) is 0 Å². The molecule has 2 rings (SSSR count). The molecule has 0 saturated carbocycles. The molecule has 1 aliphatic rings. The number of nitrogens with two attached hydrogens (primary N) is 1. The zero-order valence-electron chi connectivity index (χ0n) is 10.5. The van der Waals surface area contributed by atoms with Gasteiger partial charge in [0.05, 0.1) is 10.7 Å². The van der Waals surface area contributed by atoms with Crippen LogP contribution < -0.4 is 10.6 Å². The second-order valence-corrected chi connectivity index (χ2v) is 4.89. The Morgan fingerprint density at radius 1 is 1.20 bits per heavy atom. The van der Waals surface area contributed by atoms with Gasteiger partial charge in [-0.05, 0) is 18.2 Å². The van der Waals surface area contributed by atoms with E-state index in [0.29, 0.717) is 23.8 Å². The highest BCUT2D eigenvalue weighted by atomic mass is 35.5. The largest absolute Gasteiger partial charge is 0.471 e. The summed E-state index contributed by atoms with van der Waals surface area (Å²) in [7, 11) is 0. The van der Waals surface area contributed by atoms with E-state index in [1.165, 1.54) is 0 Å². The molecular formula is C12H13ClF3N3O. The number of amides is 1. The molecule has 4 nitrogen and oxygen atoms in total. The van der Waals surface area contributed by atoms with Crippen LogP contribution in [0.3, 0.4) is 0 Å². The minimum absolute atomic E-state index is 0.0286. The summed E-state index contributed by atoms with van der Waals surface area (Å²) in [5.41, 5.74) is 6.89. The Hall–Kier alpha value is -1.63. The first-order chi connectivity index (χ1) is 9.29. The molecule has 1 aromatic carbocycles. The number of nitrogen functional groups attached to an aromatic ring is 1. The van der Waals surface area contributed by atoms with Gasteiger partial charge in [0.2, 0.25) is 0 Å². The lowest BCUT2D eigenvalue weighted by Crippen LogP contribution is -2.52. The molecule has 20 heavy (non-hydrogen) atoms. The maximum absolute atomic E-state index is 12.3. The van der Waals surface area contributed by atoms with Crippen LogP contribution >= 0.6 is 11.6 Å². The summed E-state index contributed by atoms with van der Waals surface area (Å²) in [6.45, 7) is 0.702. The van der Waals surface area contributed by atoms with Crippen molar-refractivity contribution in [2.75, 3.05) is 36.8 Å². The summed E-state index contributed by atoms with van der Waals surface area (Å²) in [5.74, 6) is -1.78. The van der Waals surface area contributed by atoms with Crippen LogP contribution in [0, 0.1) is 0 Å². The standard InChI is InChI=1S/C12H13ClF3N3O/c13-9-2-1-8(7-10(9)17)18-3-5-19(6-4-18)11(20)12(14,15)16/h1-2,7H,3-6,17H2. The number of halogens is 4. The van der Waals surface area contributed by atoms with E-state index in [1.807, 2.05) is 4.90 Å². The fourth-order valence-corrected chi connectivity index (χ4v) is 2.19. The summed E-state index contributed by atoms with van der Waals surface area (Å²) in [6, 6.07) is 5.06. The van der Waals surface area contributed by atoms with Crippen molar-refractivity contribution < 1.29 is 18.0 Å². The molecule has 1 amide bonds. The Kier molecular flexibility index (Phi) is 3.99. The molecule has 1 aliphatic heterocycles. The van der Waals surface area contributed by atoms with Gasteiger partial charge in [0.15, 0.2) is 0 Å². The van der Waals surface area contributed by atoms with Crippen LogP contribution in [0.4, 0.5) is 24.5 Å². The quantitative estimate of drug-likeness (QED) is 0.809. The van der Waals surface area contributed by atoms with Crippen molar-refractivity contribution >= 4 is 28.9 Å². The first-order valence-corrected chi connectivity index (χ1v) is 6.33. The lowest BCUT2D eigenvalue weighted by Gasteiger charge is -2.36. The summed E-state index contributed by atoms with van der Waals surface area (Å²) in [6.07, 6.45) is -4.81. The number of alkyl halides is 3. The smallest absolute Gasteiger partial charge is 0.397 e. The van der Waals surface area contributed by atoms with Crippen LogP contribution in [0.2, 0.25) is 5.02 Å². The fraction of sp³-hybridized carbons (Fsp3) is 0.417. The molecule has 0 unspecified atom stereocenters. The number of benzene rings is 1. The van der Waals surface area contributed by atoms with Crippen molar-refractivity contribution in [1.82, 2.24) is 4.90 Å². The maximum atomic E-state index is 12.3.